The van der Waals surface area contributed by atoms with Crippen LogP contribution in [0.5, 0.6) is 0 Å². The number of benzene rings is 1. The Labute approximate surface area is 167 Å². The smallest absolute Gasteiger partial charge is 0.321 e. The fraction of sp³-hybridized carbons (Fsp3) is 0.636. The maximum Gasteiger partial charge on any atom is 0.321 e. The monoisotopic (exact) mass is 389 g/mol. The molecule has 1 saturated heterocycles. The summed E-state index contributed by atoms with van der Waals surface area (Å²) < 4.78 is 13.0. The molecule has 2 N–H and O–H groups in total. The third-order valence-electron chi connectivity index (χ3n) is 5.90. The second kappa shape index (κ2) is 10.4. The van der Waals surface area contributed by atoms with E-state index in [1.807, 2.05) is 0 Å². The van der Waals surface area contributed by atoms with Gasteiger partial charge in [0.05, 0.1) is 0 Å². The van der Waals surface area contributed by atoms with Crippen LogP contribution in [-0.4, -0.2) is 36.0 Å². The van der Waals surface area contributed by atoms with Crippen molar-refractivity contribution in [2.75, 3.05) is 18.4 Å². The van der Waals surface area contributed by atoms with Crippen LogP contribution in [0.2, 0.25) is 0 Å². The number of rotatable bonds is 5. The van der Waals surface area contributed by atoms with Gasteiger partial charge in [0, 0.05) is 31.2 Å². The van der Waals surface area contributed by atoms with Crippen molar-refractivity contribution in [3.8, 4) is 0 Å². The molecule has 2 fully saturated rings. The number of likely N-dealkylation sites (tertiary alicyclic amines) is 1. The highest BCUT2D eigenvalue weighted by Crippen LogP contribution is 2.22. The molecule has 1 unspecified atom stereocenters. The van der Waals surface area contributed by atoms with Crippen LogP contribution in [0.25, 0.3) is 0 Å². The van der Waals surface area contributed by atoms with E-state index in [2.05, 4.69) is 10.6 Å². The molecule has 2 aliphatic rings. The fourth-order valence-electron chi connectivity index (χ4n) is 4.28. The van der Waals surface area contributed by atoms with Crippen LogP contribution < -0.4 is 10.6 Å². The number of carbonyl (C=O) groups is 2. The minimum Gasteiger partial charge on any atom is -0.353 e. The molecule has 0 aromatic heterocycles. The number of amides is 3. The van der Waals surface area contributed by atoms with Gasteiger partial charge >= 0.3 is 6.03 Å². The zero-order chi connectivity index (χ0) is 19.8. The predicted molar refractivity (Wildman–Crippen MR) is 109 cm³/mol. The number of nitrogens with zero attached hydrogens (tertiary/aromatic N) is 1. The van der Waals surface area contributed by atoms with Crippen LogP contribution in [0.3, 0.4) is 0 Å². The lowest BCUT2D eigenvalue weighted by molar-refractivity contribution is -0.122. The van der Waals surface area contributed by atoms with E-state index in [1.165, 1.54) is 37.8 Å². The number of nitrogens with one attached hydrogen (secondary N) is 2. The summed E-state index contributed by atoms with van der Waals surface area (Å²) in [6.45, 7) is 1.39. The van der Waals surface area contributed by atoms with Crippen LogP contribution in [0, 0.1) is 11.7 Å². The summed E-state index contributed by atoms with van der Waals surface area (Å²) in [6.07, 6.45) is 10.6. The Hall–Kier alpha value is -2.11. The number of hydrogen-bond donors (Lipinski definition) is 2. The van der Waals surface area contributed by atoms with Gasteiger partial charge in [-0.3, -0.25) is 4.79 Å². The Bertz CT molecular complexity index is 642. The van der Waals surface area contributed by atoms with Crippen molar-refractivity contribution < 1.29 is 14.0 Å². The van der Waals surface area contributed by atoms with Crippen molar-refractivity contribution in [2.45, 2.75) is 70.3 Å². The van der Waals surface area contributed by atoms with Crippen LogP contribution in [0.15, 0.2) is 24.3 Å². The molecular weight excluding hydrogens is 357 g/mol. The average Bonchev–Trinajstić information content (AvgIpc) is 2.97. The van der Waals surface area contributed by atoms with Gasteiger partial charge in [0.1, 0.15) is 5.82 Å². The minimum absolute atomic E-state index is 0.153. The Morgan fingerprint density at radius 3 is 2.43 bits per heavy atom. The summed E-state index contributed by atoms with van der Waals surface area (Å²) >= 11 is 0. The Kier molecular flexibility index (Phi) is 7.69. The van der Waals surface area contributed by atoms with Crippen molar-refractivity contribution in [1.29, 1.82) is 0 Å². The fourth-order valence-corrected chi connectivity index (χ4v) is 4.28. The molecule has 1 aliphatic heterocycles. The van der Waals surface area contributed by atoms with Gasteiger partial charge in [-0.1, -0.05) is 25.7 Å². The Morgan fingerprint density at radius 1 is 1.00 bits per heavy atom. The van der Waals surface area contributed by atoms with Gasteiger partial charge in [0.2, 0.25) is 5.91 Å². The molecule has 6 heteroatoms. The van der Waals surface area contributed by atoms with E-state index in [1.54, 1.807) is 17.0 Å². The Morgan fingerprint density at radius 2 is 1.71 bits per heavy atom. The van der Waals surface area contributed by atoms with Crippen molar-refractivity contribution >= 4 is 17.6 Å². The van der Waals surface area contributed by atoms with E-state index in [0.717, 1.165) is 38.6 Å². The molecule has 1 aromatic rings. The summed E-state index contributed by atoms with van der Waals surface area (Å²) in [5, 5.41) is 6.03. The Balaban J connectivity index is 1.40. The van der Waals surface area contributed by atoms with Crippen LogP contribution in [0.1, 0.15) is 64.2 Å². The van der Waals surface area contributed by atoms with Crippen LogP contribution in [0.4, 0.5) is 14.9 Å². The van der Waals surface area contributed by atoms with Gasteiger partial charge in [-0.2, -0.15) is 0 Å². The normalized spacial score (nSPS) is 21.0. The van der Waals surface area contributed by atoms with Gasteiger partial charge in [0.15, 0.2) is 0 Å². The molecular formula is C22H32FN3O2. The number of urea groups is 1. The van der Waals surface area contributed by atoms with Gasteiger partial charge in [0.25, 0.3) is 0 Å². The highest BCUT2D eigenvalue weighted by atomic mass is 19.1. The molecule has 0 radical (unpaired) electrons. The molecule has 1 aromatic carbocycles. The number of anilines is 1. The van der Waals surface area contributed by atoms with Gasteiger partial charge in [-0.05, 0) is 62.3 Å². The highest BCUT2D eigenvalue weighted by molar-refractivity contribution is 5.89. The molecule has 5 nitrogen and oxygen atoms in total. The standard InChI is InChI=1S/C22H32FN3O2/c23-18-10-12-20(13-11-18)25-22(28)26-15-5-6-17(16-26)9-14-21(27)24-19-7-3-1-2-4-8-19/h10-13,17,19H,1-9,14-16H2,(H,24,27)(H,25,28). The molecule has 1 atom stereocenters. The molecule has 0 bridgehead atoms. The van der Waals surface area contributed by atoms with E-state index < -0.39 is 0 Å². The quantitative estimate of drug-likeness (QED) is 0.718. The first-order valence-electron chi connectivity index (χ1n) is 10.7. The van der Waals surface area contributed by atoms with E-state index in [9.17, 15) is 14.0 Å². The van der Waals surface area contributed by atoms with Crippen molar-refractivity contribution in [3.05, 3.63) is 30.1 Å². The first-order chi connectivity index (χ1) is 13.6. The highest BCUT2D eigenvalue weighted by Gasteiger charge is 2.24. The third-order valence-corrected chi connectivity index (χ3v) is 5.90. The van der Waals surface area contributed by atoms with E-state index >= 15 is 0 Å². The van der Waals surface area contributed by atoms with E-state index in [0.29, 0.717) is 30.6 Å². The van der Waals surface area contributed by atoms with Crippen molar-refractivity contribution in [3.63, 3.8) is 0 Å². The van der Waals surface area contributed by atoms with Gasteiger partial charge in [-0.25, -0.2) is 9.18 Å². The second-order valence-corrected chi connectivity index (χ2v) is 8.19. The molecule has 1 heterocycles. The minimum atomic E-state index is -0.321. The number of hydrogen-bond acceptors (Lipinski definition) is 2. The third kappa shape index (κ3) is 6.50. The zero-order valence-electron chi connectivity index (χ0n) is 16.6. The number of piperidine rings is 1. The van der Waals surface area contributed by atoms with Crippen molar-refractivity contribution in [1.82, 2.24) is 10.2 Å². The molecule has 1 aliphatic carbocycles. The number of carbonyl (C=O) groups excluding carboxylic acids is 2. The lowest BCUT2D eigenvalue weighted by Crippen LogP contribution is -2.42. The molecule has 3 rings (SSSR count). The van der Waals surface area contributed by atoms with Gasteiger partial charge in [-0.15, -0.1) is 0 Å². The molecule has 3 amide bonds. The van der Waals surface area contributed by atoms with E-state index in [-0.39, 0.29) is 17.8 Å². The molecule has 28 heavy (non-hydrogen) atoms. The zero-order valence-corrected chi connectivity index (χ0v) is 16.6. The number of halogens is 1. The SMILES string of the molecule is O=C(CCC1CCCN(C(=O)Nc2ccc(F)cc2)C1)NC1CCCCCC1. The maximum absolute atomic E-state index is 13.0. The molecule has 0 spiro atoms. The van der Waals surface area contributed by atoms with E-state index in [4.69, 9.17) is 0 Å². The second-order valence-electron chi connectivity index (χ2n) is 8.19. The van der Waals surface area contributed by atoms with Crippen LogP contribution in [-0.2, 0) is 4.79 Å². The van der Waals surface area contributed by atoms with Crippen molar-refractivity contribution in [2.24, 2.45) is 5.92 Å². The summed E-state index contributed by atoms with van der Waals surface area (Å²) in [7, 11) is 0. The predicted octanol–water partition coefficient (Wildman–Crippen LogP) is 4.69. The summed E-state index contributed by atoms with van der Waals surface area (Å²) in [4.78, 5) is 26.6. The summed E-state index contributed by atoms with van der Waals surface area (Å²) in [5.41, 5.74) is 0.594. The average molecular weight is 390 g/mol. The molecule has 1 saturated carbocycles. The lowest BCUT2D eigenvalue weighted by atomic mass is 9.93. The largest absolute Gasteiger partial charge is 0.353 e. The first-order valence-corrected chi connectivity index (χ1v) is 10.7. The summed E-state index contributed by atoms with van der Waals surface area (Å²) in [6, 6.07) is 5.99. The van der Waals surface area contributed by atoms with Crippen LogP contribution >= 0.6 is 0 Å². The topological polar surface area (TPSA) is 61.4 Å². The molecule has 154 valence electrons. The van der Waals surface area contributed by atoms with Gasteiger partial charge < -0.3 is 15.5 Å². The summed E-state index contributed by atoms with van der Waals surface area (Å²) in [5.74, 6) is 0.186. The first kappa shape index (κ1) is 20.6. The lowest BCUT2D eigenvalue weighted by Gasteiger charge is -2.32. The maximum atomic E-state index is 13.0.